The Morgan fingerprint density at radius 3 is 2.17 bits per heavy atom. The first-order valence-electron chi connectivity index (χ1n) is 7.82. The zero-order chi connectivity index (χ0) is 16.4. The van der Waals surface area contributed by atoms with Gasteiger partial charge in [0.1, 0.15) is 6.61 Å². The lowest BCUT2D eigenvalue weighted by molar-refractivity contribution is 0.0834. The molecule has 1 N–H and O–H groups in total. The average Bonchev–Trinajstić information content (AvgIpc) is 2.92. The maximum Gasteiger partial charge on any atom is 0.409 e. The maximum absolute atomic E-state index is 12.1. The molecule has 120 valence electrons. The van der Waals surface area contributed by atoms with Crippen molar-refractivity contribution in [2.24, 2.45) is 0 Å². The van der Waals surface area contributed by atoms with Crippen LogP contribution in [0, 0.1) is 0 Å². The lowest BCUT2D eigenvalue weighted by Crippen LogP contribution is -2.38. The summed E-state index contributed by atoms with van der Waals surface area (Å²) in [6.45, 7) is 2.00. The highest BCUT2D eigenvalue weighted by Gasteiger charge is 2.29. The molecule has 23 heavy (non-hydrogen) atoms. The van der Waals surface area contributed by atoms with Crippen LogP contribution in [0.5, 0.6) is 0 Å². The van der Waals surface area contributed by atoms with E-state index in [0.717, 1.165) is 0 Å². The Bertz CT molecular complexity index is 668. The van der Waals surface area contributed by atoms with Crippen LogP contribution in [0.3, 0.4) is 0 Å². The van der Waals surface area contributed by atoms with Crippen LogP contribution >= 0.6 is 0 Å². The highest BCUT2D eigenvalue weighted by molar-refractivity contribution is 5.79. The molecule has 0 heterocycles. The molecular weight excluding hydrogens is 290 g/mol. The van der Waals surface area contributed by atoms with E-state index in [9.17, 15) is 4.79 Å². The van der Waals surface area contributed by atoms with Gasteiger partial charge >= 0.3 is 6.09 Å². The zero-order valence-corrected chi connectivity index (χ0v) is 13.4. The van der Waals surface area contributed by atoms with E-state index in [2.05, 4.69) is 24.3 Å². The first-order chi connectivity index (χ1) is 11.1. The standard InChI is InChI=1S/C19H21NO3/c1-13(11-21)20(2)19(22)23-12-18-16-9-5-3-7-14(16)15-8-4-6-10-17(15)18/h3-10,13,18,21H,11-12H2,1-2H3/t13-/m0/s1. The first kappa shape index (κ1) is 15.6. The monoisotopic (exact) mass is 311 g/mol. The summed E-state index contributed by atoms with van der Waals surface area (Å²) < 4.78 is 5.50. The third-order valence-corrected chi connectivity index (χ3v) is 4.55. The van der Waals surface area contributed by atoms with Crippen molar-refractivity contribution in [3.8, 4) is 11.1 Å². The SMILES string of the molecule is C[C@@H](CO)N(C)C(=O)OCC1c2ccccc2-c2ccccc21. The predicted octanol–water partition coefficient (Wildman–Crippen LogP) is 3.25. The molecule has 3 rings (SSSR count). The van der Waals surface area contributed by atoms with E-state index in [0.29, 0.717) is 6.61 Å². The van der Waals surface area contributed by atoms with E-state index >= 15 is 0 Å². The molecule has 2 aromatic carbocycles. The van der Waals surface area contributed by atoms with Crippen molar-refractivity contribution >= 4 is 6.09 Å². The number of likely N-dealkylation sites (N-methyl/N-ethyl adjacent to an activating group) is 1. The molecule has 4 heteroatoms. The Morgan fingerprint density at radius 2 is 1.65 bits per heavy atom. The largest absolute Gasteiger partial charge is 0.448 e. The highest BCUT2D eigenvalue weighted by Crippen LogP contribution is 2.44. The summed E-state index contributed by atoms with van der Waals surface area (Å²) in [7, 11) is 1.64. The van der Waals surface area contributed by atoms with Gasteiger partial charge < -0.3 is 14.7 Å². The second kappa shape index (κ2) is 6.42. The summed E-state index contributed by atoms with van der Waals surface area (Å²) in [6, 6.07) is 16.2. The zero-order valence-electron chi connectivity index (χ0n) is 13.4. The molecule has 0 aliphatic heterocycles. The molecule has 1 amide bonds. The molecule has 1 atom stereocenters. The van der Waals surface area contributed by atoms with E-state index in [1.54, 1.807) is 14.0 Å². The molecule has 0 radical (unpaired) electrons. The number of rotatable bonds is 4. The van der Waals surface area contributed by atoms with Gasteiger partial charge in [0.2, 0.25) is 0 Å². The number of aliphatic hydroxyl groups excluding tert-OH is 1. The summed E-state index contributed by atoms with van der Waals surface area (Å²) in [5.41, 5.74) is 4.81. The van der Waals surface area contributed by atoms with Gasteiger partial charge in [-0.1, -0.05) is 48.5 Å². The Labute approximate surface area is 136 Å². The average molecular weight is 311 g/mol. The van der Waals surface area contributed by atoms with Crippen molar-refractivity contribution in [2.45, 2.75) is 18.9 Å². The summed E-state index contributed by atoms with van der Waals surface area (Å²) in [5.74, 6) is 0.0594. The van der Waals surface area contributed by atoms with Crippen molar-refractivity contribution in [3.63, 3.8) is 0 Å². The van der Waals surface area contributed by atoms with Crippen LogP contribution in [0.1, 0.15) is 24.0 Å². The molecule has 2 aromatic rings. The summed E-state index contributed by atoms with van der Waals surface area (Å²) in [5, 5.41) is 9.14. The number of benzene rings is 2. The first-order valence-corrected chi connectivity index (χ1v) is 7.82. The molecule has 0 saturated heterocycles. The van der Waals surface area contributed by atoms with Crippen LogP contribution in [0.25, 0.3) is 11.1 Å². The van der Waals surface area contributed by atoms with Gasteiger partial charge in [0.25, 0.3) is 0 Å². The second-order valence-electron chi connectivity index (χ2n) is 5.95. The van der Waals surface area contributed by atoms with Crippen molar-refractivity contribution < 1.29 is 14.6 Å². The van der Waals surface area contributed by atoms with Crippen LogP contribution in [0.2, 0.25) is 0 Å². The van der Waals surface area contributed by atoms with Gasteiger partial charge in [-0.05, 0) is 29.2 Å². The van der Waals surface area contributed by atoms with Gasteiger partial charge in [-0.15, -0.1) is 0 Å². The number of hydrogen-bond donors (Lipinski definition) is 1. The fourth-order valence-electron chi connectivity index (χ4n) is 3.00. The Kier molecular flexibility index (Phi) is 4.35. The quantitative estimate of drug-likeness (QED) is 0.943. The summed E-state index contributed by atoms with van der Waals surface area (Å²) in [6.07, 6.45) is -0.409. The minimum atomic E-state index is -0.409. The van der Waals surface area contributed by atoms with Gasteiger partial charge in [-0.3, -0.25) is 0 Å². The van der Waals surface area contributed by atoms with Gasteiger partial charge in [0.15, 0.2) is 0 Å². The fraction of sp³-hybridized carbons (Fsp3) is 0.316. The topological polar surface area (TPSA) is 49.8 Å². The van der Waals surface area contributed by atoms with Crippen LogP contribution in [0.4, 0.5) is 4.79 Å². The molecule has 0 fully saturated rings. The molecule has 0 aromatic heterocycles. The number of amides is 1. The van der Waals surface area contributed by atoms with Crippen LogP contribution in [-0.4, -0.2) is 42.4 Å². The molecule has 1 aliphatic rings. The number of carbonyl (C=O) groups excluding carboxylic acids is 1. The lowest BCUT2D eigenvalue weighted by Gasteiger charge is -2.23. The number of nitrogens with zero attached hydrogens (tertiary/aromatic N) is 1. The summed E-state index contributed by atoms with van der Waals surface area (Å²) >= 11 is 0. The second-order valence-corrected chi connectivity index (χ2v) is 5.95. The van der Waals surface area contributed by atoms with Crippen LogP contribution in [0.15, 0.2) is 48.5 Å². The summed E-state index contributed by atoms with van der Waals surface area (Å²) in [4.78, 5) is 13.5. The maximum atomic E-state index is 12.1. The van der Waals surface area contributed by atoms with Crippen molar-refractivity contribution in [1.82, 2.24) is 4.90 Å². The van der Waals surface area contributed by atoms with E-state index in [1.165, 1.54) is 27.2 Å². The van der Waals surface area contributed by atoms with Gasteiger partial charge in [-0.25, -0.2) is 4.79 Å². The van der Waals surface area contributed by atoms with Crippen LogP contribution in [-0.2, 0) is 4.74 Å². The molecule has 0 unspecified atom stereocenters. The van der Waals surface area contributed by atoms with E-state index in [1.807, 2.05) is 24.3 Å². The molecule has 0 spiro atoms. The number of ether oxygens (including phenoxy) is 1. The number of fused-ring (bicyclic) bond motifs is 3. The Hall–Kier alpha value is -2.33. The molecule has 0 saturated carbocycles. The fourth-order valence-corrected chi connectivity index (χ4v) is 3.00. The number of aliphatic hydroxyl groups is 1. The van der Waals surface area contributed by atoms with Crippen molar-refractivity contribution in [3.05, 3.63) is 59.7 Å². The smallest absolute Gasteiger partial charge is 0.409 e. The minimum Gasteiger partial charge on any atom is -0.448 e. The minimum absolute atomic E-state index is 0.0594. The van der Waals surface area contributed by atoms with E-state index < -0.39 is 6.09 Å². The van der Waals surface area contributed by atoms with Crippen molar-refractivity contribution in [1.29, 1.82) is 0 Å². The number of hydrogen-bond acceptors (Lipinski definition) is 3. The normalized spacial score (nSPS) is 14.0. The van der Waals surface area contributed by atoms with E-state index in [-0.39, 0.29) is 18.6 Å². The van der Waals surface area contributed by atoms with E-state index in [4.69, 9.17) is 9.84 Å². The van der Waals surface area contributed by atoms with Crippen LogP contribution < -0.4 is 0 Å². The predicted molar refractivity (Wildman–Crippen MR) is 89.4 cm³/mol. The molecular formula is C19H21NO3. The molecule has 0 bridgehead atoms. The van der Waals surface area contributed by atoms with Gasteiger partial charge in [0, 0.05) is 13.0 Å². The van der Waals surface area contributed by atoms with Gasteiger partial charge in [0.05, 0.1) is 12.6 Å². The number of carbonyl (C=O) groups is 1. The highest BCUT2D eigenvalue weighted by atomic mass is 16.6. The lowest BCUT2D eigenvalue weighted by atomic mass is 9.98. The molecule has 1 aliphatic carbocycles. The Balaban J connectivity index is 1.80. The third-order valence-electron chi connectivity index (χ3n) is 4.55. The molecule has 4 nitrogen and oxygen atoms in total. The third kappa shape index (κ3) is 2.82. The van der Waals surface area contributed by atoms with Crippen molar-refractivity contribution in [2.75, 3.05) is 20.3 Å². The Morgan fingerprint density at radius 1 is 1.13 bits per heavy atom. The van der Waals surface area contributed by atoms with Gasteiger partial charge in [-0.2, -0.15) is 0 Å².